The number of carboxylic acids is 1. The first-order chi connectivity index (χ1) is 10.00. The van der Waals surface area contributed by atoms with Gasteiger partial charge in [-0.2, -0.15) is 0 Å². The van der Waals surface area contributed by atoms with Crippen LogP contribution in [-0.2, 0) is 4.79 Å². The Kier molecular flexibility index (Phi) is 4.28. The van der Waals surface area contributed by atoms with Crippen molar-refractivity contribution in [2.75, 3.05) is 26.2 Å². The van der Waals surface area contributed by atoms with E-state index in [2.05, 4.69) is 23.6 Å². The minimum Gasteiger partial charge on any atom is -0.481 e. The van der Waals surface area contributed by atoms with Gasteiger partial charge in [0.2, 0.25) is 0 Å². The van der Waals surface area contributed by atoms with E-state index in [4.69, 9.17) is 0 Å². The summed E-state index contributed by atoms with van der Waals surface area (Å²) in [6, 6.07) is 1.17. The van der Waals surface area contributed by atoms with E-state index in [1.807, 2.05) is 0 Å². The fraction of sp³-hybridized carbons (Fsp3) is 0.941. The zero-order valence-electron chi connectivity index (χ0n) is 13.6. The number of fused-ring (bicyclic) bond motifs is 1. The van der Waals surface area contributed by atoms with Crippen LogP contribution in [0.4, 0.5) is 0 Å². The van der Waals surface area contributed by atoms with Gasteiger partial charge in [0.05, 0.1) is 5.41 Å². The molecule has 0 amide bonds. The standard InChI is InChI=1S/C17H30N2O2/c1-13-5-3-7-17(9-13,16(20)21)12-19-11-15-6-4-8-18(15)10-14(19)2/h13-15H,3-12H2,1-2H3,(H,20,21). The number of rotatable bonds is 3. The topological polar surface area (TPSA) is 43.8 Å². The number of piperazine rings is 1. The lowest BCUT2D eigenvalue weighted by Gasteiger charge is -2.47. The number of hydrogen-bond donors (Lipinski definition) is 1. The van der Waals surface area contributed by atoms with Crippen molar-refractivity contribution in [3.63, 3.8) is 0 Å². The fourth-order valence-corrected chi connectivity index (χ4v) is 4.92. The van der Waals surface area contributed by atoms with Gasteiger partial charge in [-0.05, 0) is 45.1 Å². The van der Waals surface area contributed by atoms with Gasteiger partial charge in [0.1, 0.15) is 0 Å². The zero-order valence-corrected chi connectivity index (χ0v) is 13.6. The number of hydrogen-bond acceptors (Lipinski definition) is 3. The molecule has 2 saturated heterocycles. The third kappa shape index (κ3) is 2.98. The maximum atomic E-state index is 12.0. The Morgan fingerprint density at radius 2 is 2.05 bits per heavy atom. The highest BCUT2D eigenvalue weighted by Gasteiger charge is 2.45. The van der Waals surface area contributed by atoms with Gasteiger partial charge in [-0.25, -0.2) is 0 Å². The molecular formula is C17H30N2O2. The highest BCUT2D eigenvalue weighted by molar-refractivity contribution is 5.75. The molecule has 4 nitrogen and oxygen atoms in total. The molecule has 1 aliphatic carbocycles. The first-order valence-electron chi connectivity index (χ1n) is 8.72. The van der Waals surface area contributed by atoms with Gasteiger partial charge < -0.3 is 5.11 Å². The summed E-state index contributed by atoms with van der Waals surface area (Å²) in [4.78, 5) is 17.1. The van der Waals surface area contributed by atoms with E-state index >= 15 is 0 Å². The summed E-state index contributed by atoms with van der Waals surface area (Å²) in [5, 5.41) is 9.87. The maximum absolute atomic E-state index is 12.0. The average molecular weight is 294 g/mol. The van der Waals surface area contributed by atoms with E-state index in [0.29, 0.717) is 18.0 Å². The lowest BCUT2D eigenvalue weighted by atomic mass is 9.69. The summed E-state index contributed by atoms with van der Waals surface area (Å²) in [5.74, 6) is -0.00646. The van der Waals surface area contributed by atoms with Crippen molar-refractivity contribution in [2.45, 2.75) is 64.5 Å². The van der Waals surface area contributed by atoms with E-state index in [9.17, 15) is 9.90 Å². The minimum atomic E-state index is -0.560. The second-order valence-electron chi connectivity index (χ2n) is 7.86. The highest BCUT2D eigenvalue weighted by atomic mass is 16.4. The van der Waals surface area contributed by atoms with Crippen molar-refractivity contribution in [3.8, 4) is 0 Å². The van der Waals surface area contributed by atoms with Gasteiger partial charge in [0.15, 0.2) is 0 Å². The van der Waals surface area contributed by atoms with Crippen LogP contribution in [0.5, 0.6) is 0 Å². The van der Waals surface area contributed by atoms with Gasteiger partial charge in [0, 0.05) is 31.7 Å². The maximum Gasteiger partial charge on any atom is 0.310 e. The quantitative estimate of drug-likeness (QED) is 0.868. The summed E-state index contributed by atoms with van der Waals surface area (Å²) < 4.78 is 0. The van der Waals surface area contributed by atoms with Crippen molar-refractivity contribution < 1.29 is 9.90 Å². The van der Waals surface area contributed by atoms with Crippen LogP contribution in [0.1, 0.15) is 52.4 Å². The first kappa shape index (κ1) is 15.3. The van der Waals surface area contributed by atoms with Crippen molar-refractivity contribution in [1.29, 1.82) is 0 Å². The van der Waals surface area contributed by atoms with Crippen LogP contribution in [0.15, 0.2) is 0 Å². The van der Waals surface area contributed by atoms with Gasteiger partial charge in [-0.3, -0.25) is 14.6 Å². The Balaban J connectivity index is 1.71. The molecule has 0 aromatic rings. The van der Waals surface area contributed by atoms with Crippen molar-refractivity contribution in [1.82, 2.24) is 9.80 Å². The minimum absolute atomic E-state index is 0.493. The van der Waals surface area contributed by atoms with Crippen LogP contribution in [0.25, 0.3) is 0 Å². The SMILES string of the molecule is CC1CCCC(CN2CC3CCCN3CC2C)(C(=O)O)C1. The summed E-state index contributed by atoms with van der Waals surface area (Å²) in [5.41, 5.74) is -0.493. The van der Waals surface area contributed by atoms with Gasteiger partial charge in [-0.15, -0.1) is 0 Å². The van der Waals surface area contributed by atoms with Gasteiger partial charge in [0.25, 0.3) is 0 Å². The first-order valence-corrected chi connectivity index (χ1v) is 8.72. The van der Waals surface area contributed by atoms with E-state index in [-0.39, 0.29) is 0 Å². The Morgan fingerprint density at radius 1 is 1.24 bits per heavy atom. The molecule has 2 aliphatic heterocycles. The Labute approximate surface area is 128 Å². The Hall–Kier alpha value is -0.610. The molecule has 120 valence electrons. The molecule has 4 atom stereocenters. The van der Waals surface area contributed by atoms with E-state index < -0.39 is 11.4 Å². The highest BCUT2D eigenvalue weighted by Crippen LogP contribution is 2.41. The van der Waals surface area contributed by atoms with Gasteiger partial charge in [-0.1, -0.05) is 19.8 Å². The molecule has 0 spiro atoms. The normalized spacial score (nSPS) is 41.9. The van der Waals surface area contributed by atoms with Crippen LogP contribution < -0.4 is 0 Å². The second-order valence-corrected chi connectivity index (χ2v) is 7.86. The molecule has 4 unspecified atom stereocenters. The molecule has 0 bridgehead atoms. The summed E-state index contributed by atoms with van der Waals surface area (Å²) in [7, 11) is 0. The number of carboxylic acid groups (broad SMARTS) is 1. The molecule has 4 heteroatoms. The van der Waals surface area contributed by atoms with Crippen LogP contribution in [0, 0.1) is 11.3 Å². The largest absolute Gasteiger partial charge is 0.481 e. The zero-order chi connectivity index (χ0) is 15.0. The average Bonchev–Trinajstić information content (AvgIpc) is 2.86. The number of aliphatic carboxylic acids is 1. The van der Waals surface area contributed by atoms with E-state index in [1.165, 1.54) is 25.8 Å². The lowest BCUT2D eigenvalue weighted by molar-refractivity contribution is -0.155. The predicted octanol–water partition coefficient (Wildman–Crippen LogP) is 2.44. The molecule has 1 saturated carbocycles. The lowest BCUT2D eigenvalue weighted by Crippen LogP contribution is -2.58. The van der Waals surface area contributed by atoms with Crippen molar-refractivity contribution in [2.24, 2.45) is 11.3 Å². The Morgan fingerprint density at radius 3 is 2.76 bits per heavy atom. The fourth-order valence-electron chi connectivity index (χ4n) is 4.92. The van der Waals surface area contributed by atoms with Crippen molar-refractivity contribution >= 4 is 5.97 Å². The summed E-state index contributed by atoms with van der Waals surface area (Å²) in [6.07, 6.45) is 6.60. The molecule has 3 fully saturated rings. The molecule has 0 aromatic heterocycles. The molecule has 2 heterocycles. The summed E-state index contributed by atoms with van der Waals surface area (Å²) in [6.45, 7) is 8.69. The van der Waals surface area contributed by atoms with Crippen LogP contribution in [0.2, 0.25) is 0 Å². The smallest absolute Gasteiger partial charge is 0.310 e. The van der Waals surface area contributed by atoms with E-state index in [0.717, 1.165) is 38.9 Å². The van der Waals surface area contributed by atoms with E-state index in [1.54, 1.807) is 0 Å². The van der Waals surface area contributed by atoms with Crippen LogP contribution >= 0.6 is 0 Å². The molecule has 3 rings (SSSR count). The molecule has 3 aliphatic rings. The third-order valence-electron chi connectivity index (χ3n) is 6.12. The van der Waals surface area contributed by atoms with Crippen LogP contribution in [0.3, 0.4) is 0 Å². The number of carbonyl (C=O) groups is 1. The van der Waals surface area contributed by atoms with Crippen LogP contribution in [-0.4, -0.2) is 59.1 Å². The summed E-state index contributed by atoms with van der Waals surface area (Å²) >= 11 is 0. The molecule has 0 aromatic carbocycles. The molecule has 1 N–H and O–H groups in total. The molecule has 21 heavy (non-hydrogen) atoms. The van der Waals surface area contributed by atoms with Crippen molar-refractivity contribution in [3.05, 3.63) is 0 Å². The third-order valence-corrected chi connectivity index (χ3v) is 6.12. The number of nitrogens with zero attached hydrogens (tertiary/aromatic N) is 2. The van der Waals surface area contributed by atoms with Gasteiger partial charge >= 0.3 is 5.97 Å². The second kappa shape index (κ2) is 5.88. The Bertz CT molecular complexity index is 400. The monoisotopic (exact) mass is 294 g/mol. The predicted molar refractivity (Wildman–Crippen MR) is 83.3 cm³/mol. The molecular weight excluding hydrogens is 264 g/mol. The molecule has 0 radical (unpaired) electrons.